The number of methoxy groups -OCH3 is 1. The van der Waals surface area contributed by atoms with Gasteiger partial charge in [-0.3, -0.25) is 9.69 Å². The lowest BCUT2D eigenvalue weighted by Crippen LogP contribution is -2.56. The Balaban J connectivity index is 2.37. The van der Waals surface area contributed by atoms with Crippen molar-refractivity contribution in [1.29, 1.82) is 0 Å². The van der Waals surface area contributed by atoms with Crippen LogP contribution in [0.4, 0.5) is 4.79 Å². The molecule has 1 heterocycles. The summed E-state index contributed by atoms with van der Waals surface area (Å²) in [7, 11) is 1.59. The summed E-state index contributed by atoms with van der Waals surface area (Å²) in [6, 6.07) is -0.654. The van der Waals surface area contributed by atoms with Crippen LogP contribution in [0.15, 0.2) is 0 Å². The number of piperazine rings is 1. The second kappa shape index (κ2) is 7.30. The quantitative estimate of drug-likeness (QED) is 0.726. The van der Waals surface area contributed by atoms with E-state index in [1.165, 1.54) is 0 Å². The first kappa shape index (κ1) is 15.7. The molecule has 7 heteroatoms. The van der Waals surface area contributed by atoms with Gasteiger partial charge in [0, 0.05) is 33.3 Å². The van der Waals surface area contributed by atoms with E-state index in [2.05, 4.69) is 5.32 Å². The van der Waals surface area contributed by atoms with Crippen molar-refractivity contribution in [3.8, 4) is 0 Å². The molecule has 0 aromatic heterocycles. The molecule has 0 saturated carbocycles. The number of hydrogen-bond donors (Lipinski definition) is 2. The summed E-state index contributed by atoms with van der Waals surface area (Å²) in [5.74, 6) is -0.827. The van der Waals surface area contributed by atoms with Crippen molar-refractivity contribution < 1.29 is 19.4 Å². The molecule has 0 radical (unpaired) electrons. The van der Waals surface area contributed by atoms with Gasteiger partial charge in [0.2, 0.25) is 0 Å². The van der Waals surface area contributed by atoms with Gasteiger partial charge >= 0.3 is 12.0 Å². The van der Waals surface area contributed by atoms with Crippen LogP contribution in [0.3, 0.4) is 0 Å². The Morgan fingerprint density at radius 1 is 1.26 bits per heavy atom. The Morgan fingerprint density at radius 2 is 1.84 bits per heavy atom. The molecule has 1 rings (SSSR count). The summed E-state index contributed by atoms with van der Waals surface area (Å²) in [6.45, 7) is 6.27. The summed E-state index contributed by atoms with van der Waals surface area (Å²) < 4.78 is 4.96. The van der Waals surface area contributed by atoms with Crippen molar-refractivity contribution in [1.82, 2.24) is 15.1 Å². The summed E-state index contributed by atoms with van der Waals surface area (Å²) in [5, 5.41) is 11.8. The van der Waals surface area contributed by atoms with Crippen LogP contribution >= 0.6 is 0 Å². The van der Waals surface area contributed by atoms with Gasteiger partial charge in [0.15, 0.2) is 0 Å². The monoisotopic (exact) mass is 273 g/mol. The normalized spacial score (nSPS) is 19.8. The molecule has 2 atom stereocenters. The Labute approximate surface area is 113 Å². The number of carbonyl (C=O) groups excluding carboxylic acids is 1. The van der Waals surface area contributed by atoms with Crippen LogP contribution in [0.5, 0.6) is 0 Å². The van der Waals surface area contributed by atoms with Gasteiger partial charge in [0.05, 0.1) is 12.6 Å². The molecule has 1 aliphatic heterocycles. The zero-order valence-electron chi connectivity index (χ0n) is 11.8. The second-order valence-corrected chi connectivity index (χ2v) is 4.84. The molecule has 2 amide bonds. The van der Waals surface area contributed by atoms with E-state index >= 15 is 0 Å². The average molecular weight is 273 g/mol. The van der Waals surface area contributed by atoms with Crippen LogP contribution in [0.1, 0.15) is 13.8 Å². The SMILES string of the molecule is COCC(C)NC(=O)N1CCN(C(C)C(=O)O)CC1. The Bertz CT molecular complexity index is 316. The Kier molecular flexibility index (Phi) is 6.04. The topological polar surface area (TPSA) is 82.1 Å². The highest BCUT2D eigenvalue weighted by Gasteiger charge is 2.27. The molecular weight excluding hydrogens is 250 g/mol. The Hall–Kier alpha value is -1.34. The van der Waals surface area contributed by atoms with Gasteiger partial charge in [-0.15, -0.1) is 0 Å². The third kappa shape index (κ3) is 4.68. The van der Waals surface area contributed by atoms with Gasteiger partial charge in [-0.25, -0.2) is 4.79 Å². The lowest BCUT2D eigenvalue weighted by atomic mass is 10.2. The minimum atomic E-state index is -0.827. The number of carbonyl (C=O) groups is 2. The summed E-state index contributed by atoms with van der Waals surface area (Å²) in [4.78, 5) is 26.4. The molecule has 2 unspecified atom stereocenters. The standard InChI is InChI=1S/C12H23N3O4/c1-9(8-19-3)13-12(18)15-6-4-14(5-7-15)10(2)11(16)17/h9-10H,4-8H2,1-3H3,(H,13,18)(H,16,17). The summed E-state index contributed by atoms with van der Waals surface area (Å²) >= 11 is 0. The third-order valence-electron chi connectivity index (χ3n) is 3.29. The smallest absolute Gasteiger partial charge is 0.320 e. The number of nitrogens with zero attached hydrogens (tertiary/aromatic N) is 2. The van der Waals surface area contributed by atoms with E-state index in [1.54, 1.807) is 18.9 Å². The third-order valence-corrected chi connectivity index (χ3v) is 3.29. The molecule has 1 fully saturated rings. The fraction of sp³-hybridized carbons (Fsp3) is 0.833. The molecule has 1 saturated heterocycles. The van der Waals surface area contributed by atoms with Crippen molar-refractivity contribution >= 4 is 12.0 Å². The molecule has 1 aliphatic rings. The van der Waals surface area contributed by atoms with Crippen LogP contribution in [0.2, 0.25) is 0 Å². The van der Waals surface area contributed by atoms with Crippen molar-refractivity contribution in [3.05, 3.63) is 0 Å². The number of hydrogen-bond acceptors (Lipinski definition) is 4. The maximum Gasteiger partial charge on any atom is 0.320 e. The highest BCUT2D eigenvalue weighted by Crippen LogP contribution is 2.07. The van der Waals surface area contributed by atoms with Gasteiger partial charge in [-0.2, -0.15) is 0 Å². The van der Waals surface area contributed by atoms with E-state index < -0.39 is 12.0 Å². The molecule has 7 nitrogen and oxygen atoms in total. The molecular formula is C12H23N3O4. The summed E-state index contributed by atoms with van der Waals surface area (Å²) in [5.41, 5.74) is 0. The van der Waals surface area contributed by atoms with Gasteiger partial charge in [-0.05, 0) is 13.8 Å². The zero-order valence-corrected chi connectivity index (χ0v) is 11.8. The van der Waals surface area contributed by atoms with Crippen molar-refractivity contribution in [2.45, 2.75) is 25.9 Å². The molecule has 0 aliphatic carbocycles. The van der Waals surface area contributed by atoms with Crippen molar-refractivity contribution in [3.63, 3.8) is 0 Å². The first-order valence-corrected chi connectivity index (χ1v) is 6.47. The number of aliphatic carboxylic acids is 1. The lowest BCUT2D eigenvalue weighted by Gasteiger charge is -2.36. The number of carboxylic acids is 1. The zero-order chi connectivity index (χ0) is 14.4. The largest absolute Gasteiger partial charge is 0.480 e. The summed E-state index contributed by atoms with van der Waals surface area (Å²) in [6.07, 6.45) is 0. The van der Waals surface area contributed by atoms with E-state index in [1.807, 2.05) is 11.8 Å². The molecule has 0 aromatic rings. The Morgan fingerprint density at radius 3 is 2.32 bits per heavy atom. The number of ether oxygens (including phenoxy) is 1. The molecule has 110 valence electrons. The number of nitrogens with one attached hydrogen (secondary N) is 1. The van der Waals surface area contributed by atoms with Crippen LogP contribution in [0, 0.1) is 0 Å². The number of urea groups is 1. The fourth-order valence-corrected chi connectivity index (χ4v) is 2.06. The minimum Gasteiger partial charge on any atom is -0.480 e. The van der Waals surface area contributed by atoms with E-state index in [0.717, 1.165) is 0 Å². The number of amides is 2. The maximum absolute atomic E-state index is 11.9. The predicted octanol–water partition coefficient (Wildman–Crippen LogP) is -0.178. The fourth-order valence-electron chi connectivity index (χ4n) is 2.06. The van der Waals surface area contributed by atoms with Crippen molar-refractivity contribution in [2.24, 2.45) is 0 Å². The van der Waals surface area contributed by atoms with E-state index in [4.69, 9.17) is 9.84 Å². The second-order valence-electron chi connectivity index (χ2n) is 4.84. The average Bonchev–Trinajstić information content (AvgIpc) is 2.38. The number of rotatable bonds is 5. The van der Waals surface area contributed by atoms with Crippen LogP contribution in [-0.2, 0) is 9.53 Å². The lowest BCUT2D eigenvalue weighted by molar-refractivity contribution is -0.143. The first-order valence-electron chi connectivity index (χ1n) is 6.47. The van der Waals surface area contributed by atoms with E-state index in [9.17, 15) is 9.59 Å². The molecule has 2 N–H and O–H groups in total. The van der Waals surface area contributed by atoms with Crippen LogP contribution < -0.4 is 5.32 Å². The van der Waals surface area contributed by atoms with Gasteiger partial charge < -0.3 is 20.1 Å². The molecule has 0 aromatic carbocycles. The maximum atomic E-state index is 11.9. The molecule has 0 spiro atoms. The van der Waals surface area contributed by atoms with Crippen LogP contribution in [0.25, 0.3) is 0 Å². The predicted molar refractivity (Wildman–Crippen MR) is 70.1 cm³/mol. The van der Waals surface area contributed by atoms with Crippen molar-refractivity contribution in [2.75, 3.05) is 39.9 Å². The van der Waals surface area contributed by atoms with Gasteiger partial charge in [0.1, 0.15) is 6.04 Å². The minimum absolute atomic E-state index is 0.0338. The van der Waals surface area contributed by atoms with E-state index in [0.29, 0.717) is 32.8 Å². The first-order chi connectivity index (χ1) is 8.95. The number of carboxylic acid groups (broad SMARTS) is 1. The van der Waals surface area contributed by atoms with Gasteiger partial charge in [-0.1, -0.05) is 0 Å². The molecule has 19 heavy (non-hydrogen) atoms. The highest BCUT2D eigenvalue weighted by atomic mass is 16.5. The van der Waals surface area contributed by atoms with Crippen LogP contribution in [-0.4, -0.2) is 78.9 Å². The van der Waals surface area contributed by atoms with Gasteiger partial charge in [0.25, 0.3) is 0 Å². The molecule has 0 bridgehead atoms. The highest BCUT2D eigenvalue weighted by molar-refractivity contribution is 5.75. The van der Waals surface area contributed by atoms with E-state index in [-0.39, 0.29) is 12.1 Å².